The minimum atomic E-state index is -0.359. The molecule has 0 aliphatic carbocycles. The first kappa shape index (κ1) is 9.96. The maximum atomic E-state index is 13.0. The van der Waals surface area contributed by atoms with Crippen molar-refractivity contribution >= 4 is 11.2 Å². The summed E-state index contributed by atoms with van der Waals surface area (Å²) in [6.07, 6.45) is 2.90. The van der Waals surface area contributed by atoms with Gasteiger partial charge in [-0.1, -0.05) is 30.3 Å². The van der Waals surface area contributed by atoms with Crippen LogP contribution in [0.4, 0.5) is 4.39 Å². The van der Waals surface area contributed by atoms with E-state index in [9.17, 15) is 4.39 Å². The number of nitrogens with zero attached hydrogens (tertiary/aromatic N) is 3. The molecule has 0 fully saturated rings. The predicted molar refractivity (Wildman–Crippen MR) is 63.0 cm³/mol. The highest BCUT2D eigenvalue weighted by molar-refractivity contribution is 5.70. The Morgan fingerprint density at radius 2 is 1.94 bits per heavy atom. The van der Waals surface area contributed by atoms with E-state index in [-0.39, 0.29) is 5.82 Å². The van der Waals surface area contributed by atoms with Gasteiger partial charge in [0.2, 0.25) is 0 Å². The van der Waals surface area contributed by atoms with Gasteiger partial charge in [0.05, 0.1) is 19.1 Å². The third-order valence-electron chi connectivity index (χ3n) is 2.62. The van der Waals surface area contributed by atoms with E-state index in [1.54, 1.807) is 6.33 Å². The Labute approximate surface area is 97.6 Å². The van der Waals surface area contributed by atoms with Crippen LogP contribution in [-0.4, -0.2) is 14.5 Å². The van der Waals surface area contributed by atoms with Crippen LogP contribution in [0.5, 0.6) is 0 Å². The lowest BCUT2D eigenvalue weighted by Gasteiger charge is -2.03. The summed E-state index contributed by atoms with van der Waals surface area (Å²) in [5, 5.41) is 0. The highest BCUT2D eigenvalue weighted by atomic mass is 19.1. The van der Waals surface area contributed by atoms with Crippen molar-refractivity contribution in [3.8, 4) is 0 Å². The van der Waals surface area contributed by atoms with Gasteiger partial charge >= 0.3 is 0 Å². The van der Waals surface area contributed by atoms with E-state index in [0.29, 0.717) is 17.7 Å². The van der Waals surface area contributed by atoms with Crippen molar-refractivity contribution < 1.29 is 4.39 Å². The van der Waals surface area contributed by atoms with Gasteiger partial charge in [0, 0.05) is 6.07 Å². The largest absolute Gasteiger partial charge is 0.311 e. The van der Waals surface area contributed by atoms with Gasteiger partial charge in [0.15, 0.2) is 5.65 Å². The van der Waals surface area contributed by atoms with Crippen molar-refractivity contribution in [2.24, 2.45) is 0 Å². The molecule has 0 N–H and O–H groups in total. The molecule has 0 aliphatic rings. The summed E-state index contributed by atoms with van der Waals surface area (Å²) < 4.78 is 14.9. The van der Waals surface area contributed by atoms with Crippen LogP contribution in [0.3, 0.4) is 0 Å². The fraction of sp³-hybridized carbons (Fsp3) is 0.0769. The van der Waals surface area contributed by atoms with Crippen LogP contribution in [0.25, 0.3) is 11.2 Å². The van der Waals surface area contributed by atoms with E-state index >= 15 is 0 Å². The van der Waals surface area contributed by atoms with E-state index in [4.69, 9.17) is 0 Å². The zero-order valence-electron chi connectivity index (χ0n) is 9.05. The summed E-state index contributed by atoms with van der Waals surface area (Å²) in [4.78, 5) is 8.20. The number of rotatable bonds is 2. The zero-order valence-corrected chi connectivity index (χ0v) is 9.05. The molecule has 0 spiro atoms. The molecule has 0 atom stereocenters. The topological polar surface area (TPSA) is 30.7 Å². The molecule has 0 unspecified atom stereocenters. The quantitative estimate of drug-likeness (QED) is 0.673. The second-order valence-electron chi connectivity index (χ2n) is 3.85. The van der Waals surface area contributed by atoms with Crippen molar-refractivity contribution in [2.75, 3.05) is 0 Å². The molecule has 4 heteroatoms. The van der Waals surface area contributed by atoms with Crippen molar-refractivity contribution in [2.45, 2.75) is 6.54 Å². The number of halogens is 1. The minimum Gasteiger partial charge on any atom is -0.311 e. The van der Waals surface area contributed by atoms with Crippen LogP contribution in [0.1, 0.15) is 5.56 Å². The molecule has 3 nitrogen and oxygen atoms in total. The first-order valence-electron chi connectivity index (χ1n) is 5.33. The van der Waals surface area contributed by atoms with Gasteiger partial charge in [0.1, 0.15) is 11.3 Å². The van der Waals surface area contributed by atoms with Crippen molar-refractivity contribution in [3.63, 3.8) is 0 Å². The Bertz CT molecular complexity index is 646. The summed E-state index contributed by atoms with van der Waals surface area (Å²) in [5.41, 5.74) is 2.45. The van der Waals surface area contributed by atoms with Crippen LogP contribution in [0.15, 0.2) is 48.9 Å². The SMILES string of the molecule is Fc1cnc2c(c1)ncn2Cc1ccccc1. The molecule has 17 heavy (non-hydrogen) atoms. The molecular formula is C13H10FN3. The van der Waals surface area contributed by atoms with E-state index < -0.39 is 0 Å². The molecule has 84 valence electrons. The average Bonchev–Trinajstić information content (AvgIpc) is 2.73. The number of fused-ring (bicyclic) bond motifs is 1. The van der Waals surface area contributed by atoms with Gasteiger partial charge in [-0.3, -0.25) is 0 Å². The zero-order chi connectivity index (χ0) is 11.7. The van der Waals surface area contributed by atoms with Crippen LogP contribution in [0, 0.1) is 5.82 Å². The smallest absolute Gasteiger partial charge is 0.160 e. The molecule has 0 bridgehead atoms. The van der Waals surface area contributed by atoms with Gasteiger partial charge in [0.25, 0.3) is 0 Å². The highest BCUT2D eigenvalue weighted by Gasteiger charge is 2.05. The van der Waals surface area contributed by atoms with Crippen molar-refractivity contribution in [3.05, 3.63) is 60.3 Å². The molecule has 3 aromatic rings. The fourth-order valence-electron chi connectivity index (χ4n) is 1.82. The summed E-state index contributed by atoms with van der Waals surface area (Å²) in [6.45, 7) is 0.690. The van der Waals surface area contributed by atoms with Gasteiger partial charge in [-0.05, 0) is 5.56 Å². The highest BCUT2D eigenvalue weighted by Crippen LogP contribution is 2.12. The third kappa shape index (κ3) is 1.89. The number of aromatic nitrogens is 3. The lowest BCUT2D eigenvalue weighted by Crippen LogP contribution is -1.98. The second-order valence-corrected chi connectivity index (χ2v) is 3.85. The first-order valence-corrected chi connectivity index (χ1v) is 5.33. The summed E-state index contributed by atoms with van der Waals surface area (Å²) in [7, 11) is 0. The van der Waals surface area contributed by atoms with Crippen LogP contribution >= 0.6 is 0 Å². The fourth-order valence-corrected chi connectivity index (χ4v) is 1.82. The molecule has 0 saturated heterocycles. The molecular weight excluding hydrogens is 217 g/mol. The second kappa shape index (κ2) is 3.97. The molecule has 0 saturated carbocycles. The Kier molecular flexibility index (Phi) is 2.33. The number of hydrogen-bond donors (Lipinski definition) is 0. The van der Waals surface area contributed by atoms with Gasteiger partial charge in [-0.2, -0.15) is 0 Å². The van der Waals surface area contributed by atoms with Crippen LogP contribution in [-0.2, 0) is 6.54 Å². The van der Waals surface area contributed by atoms with Crippen molar-refractivity contribution in [1.82, 2.24) is 14.5 Å². The maximum absolute atomic E-state index is 13.0. The normalized spacial score (nSPS) is 10.9. The van der Waals surface area contributed by atoms with E-state index in [0.717, 1.165) is 5.56 Å². The standard InChI is InChI=1S/C13H10FN3/c14-11-6-12-13(15-7-11)17(9-16-12)8-10-4-2-1-3-5-10/h1-7,9H,8H2. The number of pyridine rings is 1. The lowest BCUT2D eigenvalue weighted by atomic mass is 10.2. The Morgan fingerprint density at radius 1 is 1.12 bits per heavy atom. The van der Waals surface area contributed by atoms with Gasteiger partial charge in [-0.15, -0.1) is 0 Å². The first-order chi connectivity index (χ1) is 8.33. The summed E-state index contributed by atoms with van der Waals surface area (Å²) >= 11 is 0. The van der Waals surface area contributed by atoms with E-state index in [2.05, 4.69) is 9.97 Å². The van der Waals surface area contributed by atoms with Crippen LogP contribution in [0.2, 0.25) is 0 Å². The molecule has 0 aliphatic heterocycles. The molecule has 2 heterocycles. The van der Waals surface area contributed by atoms with Crippen molar-refractivity contribution in [1.29, 1.82) is 0 Å². The maximum Gasteiger partial charge on any atom is 0.160 e. The molecule has 0 radical (unpaired) electrons. The number of imidazole rings is 1. The number of hydrogen-bond acceptors (Lipinski definition) is 2. The Morgan fingerprint density at radius 3 is 2.76 bits per heavy atom. The Hall–Kier alpha value is -2.23. The average molecular weight is 227 g/mol. The molecule has 3 rings (SSSR count). The monoisotopic (exact) mass is 227 g/mol. The predicted octanol–water partition coefficient (Wildman–Crippen LogP) is 2.62. The Balaban J connectivity index is 2.01. The molecule has 2 aromatic heterocycles. The van der Waals surface area contributed by atoms with E-state index in [1.165, 1.54) is 12.3 Å². The number of benzene rings is 1. The van der Waals surface area contributed by atoms with Gasteiger partial charge < -0.3 is 4.57 Å². The minimum absolute atomic E-state index is 0.359. The molecule has 0 amide bonds. The molecule has 1 aromatic carbocycles. The van der Waals surface area contributed by atoms with Crippen LogP contribution < -0.4 is 0 Å². The van der Waals surface area contributed by atoms with E-state index in [1.807, 2.05) is 34.9 Å². The lowest BCUT2D eigenvalue weighted by molar-refractivity contribution is 0.623. The summed E-state index contributed by atoms with van der Waals surface area (Å²) in [5.74, 6) is -0.359. The summed E-state index contributed by atoms with van der Waals surface area (Å²) in [6, 6.07) is 11.4. The third-order valence-corrected chi connectivity index (χ3v) is 2.62. The van der Waals surface area contributed by atoms with Gasteiger partial charge in [-0.25, -0.2) is 14.4 Å².